The number of urea groups is 1. The molecular formula is C22H23N3O5. The second-order valence-electron chi connectivity index (χ2n) is 7.01. The molecule has 0 saturated carbocycles. The zero-order valence-electron chi connectivity index (χ0n) is 16.5. The van der Waals surface area contributed by atoms with E-state index < -0.39 is 30.4 Å². The summed E-state index contributed by atoms with van der Waals surface area (Å²) in [6.45, 7) is 1.53. The highest BCUT2D eigenvalue weighted by atomic mass is 16.5. The van der Waals surface area contributed by atoms with Crippen LogP contribution in [0.25, 0.3) is 0 Å². The SMILES string of the molecule is C[C@H](c1ccccc1)N1C[C@H](C(=O)OCC(=O)NC(=O)Nc2ccccc2)CC1=O. The summed E-state index contributed by atoms with van der Waals surface area (Å²) in [4.78, 5) is 49.9. The molecule has 0 aliphatic carbocycles. The number of nitrogens with zero attached hydrogens (tertiary/aromatic N) is 1. The topological polar surface area (TPSA) is 105 Å². The molecule has 2 aromatic carbocycles. The Morgan fingerprint density at radius 2 is 1.70 bits per heavy atom. The van der Waals surface area contributed by atoms with E-state index in [0.717, 1.165) is 5.56 Å². The first-order valence-corrected chi connectivity index (χ1v) is 9.61. The number of ether oxygens (including phenoxy) is 1. The Bertz CT molecular complexity index is 917. The molecule has 2 aromatic rings. The molecule has 156 valence electrons. The number of carbonyl (C=O) groups excluding carboxylic acids is 4. The molecule has 30 heavy (non-hydrogen) atoms. The number of benzene rings is 2. The third-order valence-corrected chi connectivity index (χ3v) is 4.87. The fourth-order valence-corrected chi connectivity index (χ4v) is 3.28. The second-order valence-corrected chi connectivity index (χ2v) is 7.01. The average Bonchev–Trinajstić information content (AvgIpc) is 3.14. The van der Waals surface area contributed by atoms with E-state index >= 15 is 0 Å². The van der Waals surface area contributed by atoms with Gasteiger partial charge in [0.2, 0.25) is 5.91 Å². The number of esters is 1. The number of hydrogen-bond acceptors (Lipinski definition) is 5. The lowest BCUT2D eigenvalue weighted by molar-refractivity contribution is -0.152. The molecule has 0 radical (unpaired) electrons. The van der Waals surface area contributed by atoms with Gasteiger partial charge in [0.25, 0.3) is 5.91 Å². The van der Waals surface area contributed by atoms with Crippen LogP contribution in [0.2, 0.25) is 0 Å². The van der Waals surface area contributed by atoms with E-state index in [9.17, 15) is 19.2 Å². The summed E-state index contributed by atoms with van der Waals surface area (Å²) in [6.07, 6.45) is 0.0338. The molecule has 1 aliphatic heterocycles. The Balaban J connectivity index is 1.45. The highest BCUT2D eigenvalue weighted by Crippen LogP contribution is 2.28. The maximum absolute atomic E-state index is 12.3. The lowest BCUT2D eigenvalue weighted by Gasteiger charge is -2.25. The number of para-hydroxylation sites is 1. The van der Waals surface area contributed by atoms with Gasteiger partial charge in [-0.3, -0.25) is 19.7 Å². The lowest BCUT2D eigenvalue weighted by Crippen LogP contribution is -2.38. The zero-order chi connectivity index (χ0) is 21.5. The zero-order valence-corrected chi connectivity index (χ0v) is 16.5. The maximum Gasteiger partial charge on any atom is 0.325 e. The molecule has 0 aromatic heterocycles. The van der Waals surface area contributed by atoms with E-state index in [1.54, 1.807) is 35.2 Å². The van der Waals surface area contributed by atoms with Gasteiger partial charge >= 0.3 is 12.0 Å². The summed E-state index contributed by atoms with van der Waals surface area (Å²) >= 11 is 0. The van der Waals surface area contributed by atoms with Crippen LogP contribution in [0.15, 0.2) is 60.7 Å². The van der Waals surface area contributed by atoms with E-state index in [1.807, 2.05) is 37.3 Å². The Labute approximate surface area is 174 Å². The highest BCUT2D eigenvalue weighted by Gasteiger charge is 2.38. The molecule has 1 saturated heterocycles. The molecule has 1 fully saturated rings. The molecule has 1 heterocycles. The number of hydrogen-bond donors (Lipinski definition) is 2. The smallest absolute Gasteiger partial charge is 0.325 e. The van der Waals surface area contributed by atoms with E-state index in [0.29, 0.717) is 5.69 Å². The van der Waals surface area contributed by atoms with Crippen LogP contribution >= 0.6 is 0 Å². The third-order valence-electron chi connectivity index (χ3n) is 4.87. The van der Waals surface area contributed by atoms with Crippen LogP contribution < -0.4 is 10.6 Å². The standard InChI is InChI=1S/C22H23N3O5/c1-15(16-8-4-2-5-9-16)25-13-17(12-20(25)27)21(28)30-14-19(26)24-22(29)23-18-10-6-3-7-11-18/h2-11,15,17H,12-14H2,1H3,(H2,23,24,26,29)/t15-,17-/m1/s1. The van der Waals surface area contributed by atoms with Crippen LogP contribution in [-0.2, 0) is 19.1 Å². The molecule has 2 atom stereocenters. The first-order valence-electron chi connectivity index (χ1n) is 9.61. The summed E-state index contributed by atoms with van der Waals surface area (Å²) in [5, 5.41) is 4.58. The molecular weight excluding hydrogens is 386 g/mol. The van der Waals surface area contributed by atoms with Gasteiger partial charge in [0.1, 0.15) is 0 Å². The number of imide groups is 1. The van der Waals surface area contributed by atoms with Crippen LogP contribution in [0, 0.1) is 5.92 Å². The van der Waals surface area contributed by atoms with E-state index in [2.05, 4.69) is 10.6 Å². The van der Waals surface area contributed by atoms with Gasteiger partial charge in [0.15, 0.2) is 6.61 Å². The Morgan fingerprint density at radius 3 is 2.37 bits per heavy atom. The van der Waals surface area contributed by atoms with Crippen molar-refractivity contribution < 1.29 is 23.9 Å². The Morgan fingerprint density at radius 1 is 1.07 bits per heavy atom. The van der Waals surface area contributed by atoms with Crippen molar-refractivity contribution in [3.8, 4) is 0 Å². The normalized spacial score (nSPS) is 16.6. The third kappa shape index (κ3) is 5.44. The van der Waals surface area contributed by atoms with Crippen molar-refractivity contribution in [3.63, 3.8) is 0 Å². The van der Waals surface area contributed by atoms with E-state index in [4.69, 9.17) is 4.74 Å². The number of nitrogens with one attached hydrogen (secondary N) is 2. The number of rotatable bonds is 6. The van der Waals surface area contributed by atoms with Crippen molar-refractivity contribution in [2.24, 2.45) is 5.92 Å². The Hall–Kier alpha value is -3.68. The molecule has 3 rings (SSSR count). The fraction of sp³-hybridized carbons (Fsp3) is 0.273. The predicted octanol–water partition coefficient (Wildman–Crippen LogP) is 2.49. The number of anilines is 1. The minimum atomic E-state index is -0.754. The lowest BCUT2D eigenvalue weighted by atomic mass is 10.1. The van der Waals surface area contributed by atoms with Gasteiger partial charge in [0, 0.05) is 18.7 Å². The molecule has 0 bridgehead atoms. The first kappa shape index (κ1) is 21.0. The van der Waals surface area contributed by atoms with Crippen LogP contribution in [0.4, 0.5) is 10.5 Å². The Kier molecular flexibility index (Phi) is 6.79. The van der Waals surface area contributed by atoms with Crippen LogP contribution in [0.5, 0.6) is 0 Å². The molecule has 8 nitrogen and oxygen atoms in total. The molecule has 8 heteroatoms. The van der Waals surface area contributed by atoms with E-state index in [-0.39, 0.29) is 24.9 Å². The molecule has 0 unspecified atom stereocenters. The molecule has 0 spiro atoms. The quantitative estimate of drug-likeness (QED) is 0.714. The van der Waals surface area contributed by atoms with Crippen LogP contribution in [0.1, 0.15) is 24.9 Å². The first-order chi connectivity index (χ1) is 14.4. The van der Waals surface area contributed by atoms with Gasteiger partial charge in [0.05, 0.1) is 12.0 Å². The van der Waals surface area contributed by atoms with Crippen molar-refractivity contribution in [3.05, 3.63) is 66.2 Å². The summed E-state index contributed by atoms with van der Waals surface area (Å²) in [5.74, 6) is -2.17. The largest absolute Gasteiger partial charge is 0.455 e. The minimum absolute atomic E-state index is 0.0338. The van der Waals surface area contributed by atoms with Crippen molar-refractivity contribution in [2.75, 3.05) is 18.5 Å². The number of carbonyl (C=O) groups is 4. The van der Waals surface area contributed by atoms with Crippen LogP contribution in [0.3, 0.4) is 0 Å². The predicted molar refractivity (Wildman–Crippen MR) is 109 cm³/mol. The van der Waals surface area contributed by atoms with E-state index in [1.165, 1.54) is 0 Å². The van der Waals surface area contributed by atoms with Gasteiger partial charge < -0.3 is 15.0 Å². The highest BCUT2D eigenvalue weighted by molar-refractivity contribution is 6.02. The van der Waals surface area contributed by atoms with Crippen molar-refractivity contribution in [1.82, 2.24) is 10.2 Å². The number of likely N-dealkylation sites (tertiary alicyclic amines) is 1. The van der Waals surface area contributed by atoms with Gasteiger partial charge in [-0.1, -0.05) is 48.5 Å². The minimum Gasteiger partial charge on any atom is -0.455 e. The number of amides is 4. The average molecular weight is 409 g/mol. The van der Waals surface area contributed by atoms with Gasteiger partial charge in [-0.05, 0) is 24.6 Å². The van der Waals surface area contributed by atoms with Gasteiger partial charge in [-0.2, -0.15) is 0 Å². The van der Waals surface area contributed by atoms with Crippen molar-refractivity contribution >= 4 is 29.5 Å². The summed E-state index contributed by atoms with van der Waals surface area (Å²) in [5.41, 5.74) is 1.50. The fourth-order valence-electron chi connectivity index (χ4n) is 3.28. The summed E-state index contributed by atoms with van der Waals surface area (Å²) < 4.78 is 5.01. The van der Waals surface area contributed by atoms with Gasteiger partial charge in [-0.15, -0.1) is 0 Å². The summed E-state index contributed by atoms with van der Waals surface area (Å²) in [6, 6.07) is 17.3. The van der Waals surface area contributed by atoms with Crippen molar-refractivity contribution in [1.29, 1.82) is 0 Å². The molecule has 2 N–H and O–H groups in total. The van der Waals surface area contributed by atoms with Gasteiger partial charge in [-0.25, -0.2) is 4.79 Å². The monoisotopic (exact) mass is 409 g/mol. The maximum atomic E-state index is 12.3. The second kappa shape index (κ2) is 9.69. The summed E-state index contributed by atoms with van der Waals surface area (Å²) in [7, 11) is 0. The molecule has 1 aliphatic rings. The van der Waals surface area contributed by atoms with Crippen LogP contribution in [-0.4, -0.2) is 41.9 Å². The van der Waals surface area contributed by atoms with Crippen molar-refractivity contribution in [2.45, 2.75) is 19.4 Å². The molecule has 4 amide bonds.